The lowest BCUT2D eigenvalue weighted by molar-refractivity contribution is 0.102. The number of nitrogens with one attached hydrogen (secondary N) is 1. The van der Waals surface area contributed by atoms with Gasteiger partial charge in [0.1, 0.15) is 5.69 Å². The largest absolute Gasteiger partial charge is 0.325 e. The molecule has 0 spiro atoms. The van der Waals surface area contributed by atoms with Gasteiger partial charge in [-0.2, -0.15) is 0 Å². The van der Waals surface area contributed by atoms with Crippen molar-refractivity contribution < 1.29 is 4.79 Å². The van der Waals surface area contributed by atoms with Gasteiger partial charge in [-0.15, -0.1) is 0 Å². The van der Waals surface area contributed by atoms with Crippen molar-refractivity contribution in [3.8, 4) is 0 Å². The summed E-state index contributed by atoms with van der Waals surface area (Å²) in [5.41, 5.74) is 5.84. The minimum absolute atomic E-state index is 0.234. The van der Waals surface area contributed by atoms with Crippen molar-refractivity contribution in [2.45, 2.75) is 33.1 Å². The summed E-state index contributed by atoms with van der Waals surface area (Å²) in [5, 5.41) is 3.01. The fraction of sp³-hybridized carbons (Fsp3) is 0.261. The molecule has 0 saturated heterocycles. The molecule has 1 aliphatic rings. The summed E-state index contributed by atoms with van der Waals surface area (Å²) in [6, 6.07) is 14.4. The van der Waals surface area contributed by atoms with Crippen LogP contribution in [0.3, 0.4) is 0 Å². The van der Waals surface area contributed by atoms with Crippen LogP contribution >= 0.6 is 0 Å². The molecule has 1 amide bonds. The monoisotopic (exact) mass is 372 g/mol. The molecular weight excluding hydrogens is 348 g/mol. The van der Waals surface area contributed by atoms with Crippen LogP contribution < -0.4 is 10.2 Å². The summed E-state index contributed by atoms with van der Waals surface area (Å²) in [5.74, 6) is 0.538. The van der Waals surface area contributed by atoms with Gasteiger partial charge < -0.3 is 10.2 Å². The van der Waals surface area contributed by atoms with Crippen LogP contribution in [0.4, 0.5) is 17.2 Å². The van der Waals surface area contributed by atoms with Crippen LogP contribution in [-0.4, -0.2) is 22.4 Å². The fourth-order valence-electron chi connectivity index (χ4n) is 3.73. The first-order valence-electron chi connectivity index (χ1n) is 9.74. The van der Waals surface area contributed by atoms with Gasteiger partial charge in [0.25, 0.3) is 5.91 Å². The van der Waals surface area contributed by atoms with E-state index in [9.17, 15) is 4.79 Å². The van der Waals surface area contributed by atoms with Gasteiger partial charge in [-0.25, -0.2) is 9.97 Å². The second-order valence-electron chi connectivity index (χ2n) is 7.06. The Bertz CT molecular complexity index is 998. The molecular formula is C23H24N4O. The van der Waals surface area contributed by atoms with Crippen LogP contribution in [0, 0.1) is 6.92 Å². The summed E-state index contributed by atoms with van der Waals surface area (Å²) in [4.78, 5) is 23.8. The molecule has 5 nitrogen and oxygen atoms in total. The van der Waals surface area contributed by atoms with Gasteiger partial charge in [-0.05, 0) is 48.9 Å². The molecule has 1 N–H and O–H groups in total. The van der Waals surface area contributed by atoms with E-state index in [2.05, 4.69) is 45.3 Å². The van der Waals surface area contributed by atoms with Crippen molar-refractivity contribution in [3.63, 3.8) is 0 Å². The lowest BCUT2D eigenvalue weighted by atomic mass is 10.0. The van der Waals surface area contributed by atoms with Crippen LogP contribution in [0.2, 0.25) is 0 Å². The highest BCUT2D eigenvalue weighted by Crippen LogP contribution is 2.31. The number of benzene rings is 2. The minimum atomic E-state index is -0.234. The number of carbonyl (C=O) groups excluding carboxylic acids is 1. The predicted octanol–water partition coefficient (Wildman–Crippen LogP) is 4.68. The van der Waals surface area contributed by atoms with E-state index in [1.807, 2.05) is 31.2 Å². The van der Waals surface area contributed by atoms with Crippen LogP contribution in [0.5, 0.6) is 0 Å². The van der Waals surface area contributed by atoms with Crippen molar-refractivity contribution in [2.24, 2.45) is 0 Å². The third-order valence-electron chi connectivity index (χ3n) is 5.24. The summed E-state index contributed by atoms with van der Waals surface area (Å²) in [6.45, 7) is 4.98. The number of aryl methyl sites for hydroxylation is 3. The number of fused-ring (bicyclic) bond motifs is 1. The van der Waals surface area contributed by atoms with E-state index in [1.165, 1.54) is 11.3 Å². The molecule has 0 atom stereocenters. The highest BCUT2D eigenvalue weighted by molar-refractivity contribution is 6.03. The number of carbonyl (C=O) groups is 1. The average molecular weight is 372 g/mol. The van der Waals surface area contributed by atoms with Gasteiger partial charge in [0.05, 0.1) is 12.4 Å². The third-order valence-corrected chi connectivity index (χ3v) is 5.24. The van der Waals surface area contributed by atoms with E-state index < -0.39 is 0 Å². The number of hydrogen-bond acceptors (Lipinski definition) is 4. The molecule has 28 heavy (non-hydrogen) atoms. The zero-order valence-corrected chi connectivity index (χ0v) is 16.3. The molecule has 1 aliphatic heterocycles. The van der Waals surface area contributed by atoms with E-state index in [1.54, 1.807) is 12.4 Å². The molecule has 0 fully saturated rings. The maximum Gasteiger partial charge on any atom is 0.275 e. The molecule has 2 aromatic carbocycles. The first-order valence-corrected chi connectivity index (χ1v) is 9.74. The van der Waals surface area contributed by atoms with Crippen molar-refractivity contribution in [1.82, 2.24) is 9.97 Å². The normalized spacial score (nSPS) is 13.1. The molecule has 0 bridgehead atoms. The second-order valence-corrected chi connectivity index (χ2v) is 7.06. The molecule has 142 valence electrons. The number of anilines is 3. The quantitative estimate of drug-likeness (QED) is 0.722. The fourth-order valence-corrected chi connectivity index (χ4v) is 3.73. The third kappa shape index (κ3) is 3.48. The van der Waals surface area contributed by atoms with Gasteiger partial charge in [0, 0.05) is 17.9 Å². The van der Waals surface area contributed by atoms with Gasteiger partial charge in [-0.3, -0.25) is 4.79 Å². The number of rotatable bonds is 4. The minimum Gasteiger partial charge on any atom is -0.325 e. The van der Waals surface area contributed by atoms with E-state index in [-0.39, 0.29) is 5.91 Å². The van der Waals surface area contributed by atoms with Crippen LogP contribution in [0.1, 0.15) is 40.5 Å². The molecule has 5 heteroatoms. The highest BCUT2D eigenvalue weighted by atomic mass is 16.1. The van der Waals surface area contributed by atoms with E-state index in [4.69, 9.17) is 0 Å². The Morgan fingerprint density at radius 2 is 1.96 bits per heavy atom. The Morgan fingerprint density at radius 3 is 2.75 bits per heavy atom. The summed E-state index contributed by atoms with van der Waals surface area (Å²) in [6.07, 6.45) is 6.27. The molecule has 2 heterocycles. The SMILES string of the molecule is CCc1cccc(C)c1NC(=O)c1cnc(N2CCCc3ccccc32)cn1. The van der Waals surface area contributed by atoms with Gasteiger partial charge in [-0.1, -0.05) is 43.3 Å². The Morgan fingerprint density at radius 1 is 1.11 bits per heavy atom. The maximum atomic E-state index is 12.7. The highest BCUT2D eigenvalue weighted by Gasteiger charge is 2.20. The molecule has 0 saturated carbocycles. The Labute approximate surface area is 165 Å². The number of hydrogen-bond donors (Lipinski definition) is 1. The maximum absolute atomic E-state index is 12.7. The topological polar surface area (TPSA) is 58.1 Å². The average Bonchev–Trinajstić information content (AvgIpc) is 2.75. The van der Waals surface area contributed by atoms with Crippen LogP contribution in [-0.2, 0) is 12.8 Å². The van der Waals surface area contributed by atoms with Gasteiger partial charge >= 0.3 is 0 Å². The van der Waals surface area contributed by atoms with Crippen molar-refractivity contribution in [3.05, 3.63) is 77.2 Å². The predicted molar refractivity (Wildman–Crippen MR) is 112 cm³/mol. The summed E-state index contributed by atoms with van der Waals surface area (Å²) in [7, 11) is 0. The van der Waals surface area contributed by atoms with Crippen LogP contribution in [0.15, 0.2) is 54.9 Å². The Balaban J connectivity index is 1.55. The standard InChI is InChI=1S/C23H24N4O/c1-3-17-10-6-8-16(2)22(17)26-23(28)19-14-25-21(15-24-19)27-13-7-11-18-9-4-5-12-20(18)27/h4-6,8-10,12,14-15H,3,7,11,13H2,1-2H3,(H,26,28). The number of amides is 1. The van der Waals surface area contributed by atoms with Crippen molar-refractivity contribution in [2.75, 3.05) is 16.8 Å². The molecule has 4 rings (SSSR count). The Kier molecular flexibility index (Phi) is 5.06. The van der Waals surface area contributed by atoms with E-state index in [0.29, 0.717) is 5.69 Å². The molecule has 0 aliphatic carbocycles. The first-order chi connectivity index (χ1) is 13.7. The van der Waals surface area contributed by atoms with E-state index in [0.717, 1.165) is 48.4 Å². The second kappa shape index (κ2) is 7.80. The lowest BCUT2D eigenvalue weighted by Gasteiger charge is -2.30. The lowest BCUT2D eigenvalue weighted by Crippen LogP contribution is -2.25. The smallest absolute Gasteiger partial charge is 0.275 e. The van der Waals surface area contributed by atoms with Crippen molar-refractivity contribution >= 4 is 23.1 Å². The van der Waals surface area contributed by atoms with Crippen molar-refractivity contribution in [1.29, 1.82) is 0 Å². The van der Waals surface area contributed by atoms with E-state index >= 15 is 0 Å². The number of nitrogens with zero attached hydrogens (tertiary/aromatic N) is 3. The first kappa shape index (κ1) is 18.2. The molecule has 3 aromatic rings. The Hall–Kier alpha value is -3.21. The summed E-state index contributed by atoms with van der Waals surface area (Å²) < 4.78 is 0. The zero-order valence-electron chi connectivity index (χ0n) is 16.3. The summed E-state index contributed by atoms with van der Waals surface area (Å²) >= 11 is 0. The zero-order chi connectivity index (χ0) is 19.5. The van der Waals surface area contributed by atoms with Gasteiger partial charge in [0.2, 0.25) is 0 Å². The van der Waals surface area contributed by atoms with Crippen LogP contribution in [0.25, 0.3) is 0 Å². The molecule has 0 unspecified atom stereocenters. The number of aromatic nitrogens is 2. The van der Waals surface area contributed by atoms with Gasteiger partial charge in [0.15, 0.2) is 5.82 Å². The molecule has 0 radical (unpaired) electrons. The number of para-hydroxylation sites is 2. The molecule has 1 aromatic heterocycles.